The number of aryl methyl sites for hydroxylation is 1. The standard InChI is InChI=1S/C14H19FO2/c1-10-5-6-11(8-13(10)15)14(2,16)12-4-3-7-17-9-12/h5-6,8,12,16H,3-4,7,9H2,1-2H3. The Kier molecular flexibility index (Phi) is 3.50. The number of hydrogen-bond donors (Lipinski definition) is 1. The van der Waals surface area contributed by atoms with Crippen LogP contribution in [0.4, 0.5) is 4.39 Å². The Balaban J connectivity index is 2.26. The van der Waals surface area contributed by atoms with Crippen molar-refractivity contribution < 1.29 is 14.2 Å². The van der Waals surface area contributed by atoms with Crippen molar-refractivity contribution in [3.05, 3.63) is 35.1 Å². The molecule has 0 aliphatic carbocycles. The zero-order valence-corrected chi connectivity index (χ0v) is 10.4. The zero-order valence-electron chi connectivity index (χ0n) is 10.4. The first-order valence-corrected chi connectivity index (χ1v) is 6.08. The van der Waals surface area contributed by atoms with Gasteiger partial charge in [0.15, 0.2) is 0 Å². The van der Waals surface area contributed by atoms with E-state index in [0.717, 1.165) is 19.4 Å². The Morgan fingerprint density at radius 3 is 2.82 bits per heavy atom. The van der Waals surface area contributed by atoms with Gasteiger partial charge in [-0.2, -0.15) is 0 Å². The molecule has 1 aliphatic heterocycles. The third-order valence-electron chi connectivity index (χ3n) is 3.71. The predicted molar refractivity (Wildman–Crippen MR) is 64.3 cm³/mol. The molecular formula is C14H19FO2. The second-order valence-corrected chi connectivity index (χ2v) is 5.03. The number of aliphatic hydroxyl groups is 1. The van der Waals surface area contributed by atoms with Crippen LogP contribution in [0, 0.1) is 18.7 Å². The molecule has 2 unspecified atom stereocenters. The Morgan fingerprint density at radius 1 is 1.47 bits per heavy atom. The predicted octanol–water partition coefficient (Wildman–Crippen LogP) is 2.77. The van der Waals surface area contributed by atoms with Gasteiger partial charge in [-0.25, -0.2) is 4.39 Å². The number of rotatable bonds is 2. The van der Waals surface area contributed by atoms with Gasteiger partial charge < -0.3 is 9.84 Å². The molecule has 1 fully saturated rings. The van der Waals surface area contributed by atoms with Gasteiger partial charge in [0.1, 0.15) is 5.82 Å². The van der Waals surface area contributed by atoms with Gasteiger partial charge in [-0.05, 0) is 43.9 Å². The molecule has 1 N–H and O–H groups in total. The third kappa shape index (κ3) is 2.50. The van der Waals surface area contributed by atoms with Crippen molar-refractivity contribution >= 4 is 0 Å². The van der Waals surface area contributed by atoms with Gasteiger partial charge in [0.2, 0.25) is 0 Å². The summed E-state index contributed by atoms with van der Waals surface area (Å²) >= 11 is 0. The summed E-state index contributed by atoms with van der Waals surface area (Å²) in [6.07, 6.45) is 1.87. The number of ether oxygens (including phenoxy) is 1. The second kappa shape index (κ2) is 4.75. The minimum absolute atomic E-state index is 0.0401. The highest BCUT2D eigenvalue weighted by Gasteiger charge is 2.35. The van der Waals surface area contributed by atoms with Gasteiger partial charge in [-0.15, -0.1) is 0 Å². The van der Waals surface area contributed by atoms with Crippen LogP contribution in [-0.4, -0.2) is 18.3 Å². The van der Waals surface area contributed by atoms with E-state index in [0.29, 0.717) is 17.7 Å². The molecule has 2 rings (SSSR count). The summed E-state index contributed by atoms with van der Waals surface area (Å²) in [6, 6.07) is 4.94. The number of hydrogen-bond acceptors (Lipinski definition) is 2. The topological polar surface area (TPSA) is 29.5 Å². The first-order valence-electron chi connectivity index (χ1n) is 6.08. The minimum atomic E-state index is -1.02. The van der Waals surface area contributed by atoms with Crippen molar-refractivity contribution in [1.82, 2.24) is 0 Å². The van der Waals surface area contributed by atoms with Crippen LogP contribution in [0.1, 0.15) is 30.9 Å². The summed E-state index contributed by atoms with van der Waals surface area (Å²) in [7, 11) is 0. The normalized spacial score (nSPS) is 24.4. The SMILES string of the molecule is Cc1ccc(C(C)(O)C2CCCOC2)cc1F. The van der Waals surface area contributed by atoms with Crippen LogP contribution in [0.5, 0.6) is 0 Å². The molecule has 2 atom stereocenters. The molecule has 0 aromatic heterocycles. The minimum Gasteiger partial charge on any atom is -0.385 e. The van der Waals surface area contributed by atoms with E-state index in [1.165, 1.54) is 6.07 Å². The molecule has 94 valence electrons. The maximum Gasteiger partial charge on any atom is 0.126 e. The Bertz CT molecular complexity index is 395. The summed E-state index contributed by atoms with van der Waals surface area (Å²) in [4.78, 5) is 0. The Hall–Kier alpha value is -0.930. The van der Waals surface area contributed by atoms with Crippen LogP contribution in [0.3, 0.4) is 0 Å². The fourth-order valence-electron chi connectivity index (χ4n) is 2.33. The van der Waals surface area contributed by atoms with Crippen molar-refractivity contribution in [2.24, 2.45) is 5.92 Å². The monoisotopic (exact) mass is 238 g/mol. The lowest BCUT2D eigenvalue weighted by molar-refractivity contribution is -0.0725. The molecule has 1 aliphatic rings. The van der Waals surface area contributed by atoms with Crippen molar-refractivity contribution in [2.75, 3.05) is 13.2 Å². The van der Waals surface area contributed by atoms with E-state index in [1.807, 2.05) is 0 Å². The lowest BCUT2D eigenvalue weighted by atomic mass is 9.79. The highest BCUT2D eigenvalue weighted by Crippen LogP contribution is 2.35. The van der Waals surface area contributed by atoms with Crippen LogP contribution in [-0.2, 0) is 10.3 Å². The summed E-state index contributed by atoms with van der Waals surface area (Å²) in [5.41, 5.74) is 0.218. The van der Waals surface area contributed by atoms with Crippen molar-refractivity contribution in [3.8, 4) is 0 Å². The molecule has 1 heterocycles. The fourth-order valence-corrected chi connectivity index (χ4v) is 2.33. The quantitative estimate of drug-likeness (QED) is 0.858. The average Bonchev–Trinajstić information content (AvgIpc) is 2.33. The van der Waals surface area contributed by atoms with Gasteiger partial charge in [0.05, 0.1) is 12.2 Å². The molecule has 2 nitrogen and oxygen atoms in total. The third-order valence-corrected chi connectivity index (χ3v) is 3.71. The molecule has 17 heavy (non-hydrogen) atoms. The van der Waals surface area contributed by atoms with E-state index >= 15 is 0 Å². The molecule has 0 radical (unpaired) electrons. The molecular weight excluding hydrogens is 219 g/mol. The molecule has 1 aromatic carbocycles. The molecule has 1 saturated heterocycles. The zero-order chi connectivity index (χ0) is 12.5. The highest BCUT2D eigenvalue weighted by molar-refractivity contribution is 5.28. The van der Waals surface area contributed by atoms with Crippen LogP contribution < -0.4 is 0 Å². The molecule has 0 amide bonds. The van der Waals surface area contributed by atoms with Crippen LogP contribution in [0.15, 0.2) is 18.2 Å². The van der Waals surface area contributed by atoms with Crippen molar-refractivity contribution in [3.63, 3.8) is 0 Å². The number of benzene rings is 1. The molecule has 0 saturated carbocycles. The van der Waals surface area contributed by atoms with Gasteiger partial charge in [-0.1, -0.05) is 12.1 Å². The maximum absolute atomic E-state index is 13.5. The van der Waals surface area contributed by atoms with Crippen LogP contribution >= 0.6 is 0 Å². The van der Waals surface area contributed by atoms with E-state index in [2.05, 4.69) is 0 Å². The van der Waals surface area contributed by atoms with Crippen LogP contribution in [0.25, 0.3) is 0 Å². The van der Waals surface area contributed by atoms with E-state index in [1.54, 1.807) is 26.0 Å². The molecule has 1 aromatic rings. The van der Waals surface area contributed by atoms with E-state index in [-0.39, 0.29) is 11.7 Å². The number of halogens is 1. The van der Waals surface area contributed by atoms with E-state index in [4.69, 9.17) is 4.74 Å². The summed E-state index contributed by atoms with van der Waals surface area (Å²) in [5, 5.41) is 10.6. The van der Waals surface area contributed by atoms with Crippen molar-refractivity contribution in [1.29, 1.82) is 0 Å². The smallest absolute Gasteiger partial charge is 0.126 e. The van der Waals surface area contributed by atoms with Gasteiger partial charge in [0, 0.05) is 12.5 Å². The second-order valence-electron chi connectivity index (χ2n) is 5.03. The van der Waals surface area contributed by atoms with Gasteiger partial charge in [-0.3, -0.25) is 0 Å². The molecule has 0 bridgehead atoms. The van der Waals surface area contributed by atoms with Gasteiger partial charge in [0.25, 0.3) is 0 Å². The first-order chi connectivity index (χ1) is 8.01. The largest absolute Gasteiger partial charge is 0.385 e. The Morgan fingerprint density at radius 2 is 2.24 bits per heavy atom. The summed E-state index contributed by atoms with van der Waals surface area (Å²) in [6.45, 7) is 4.77. The van der Waals surface area contributed by atoms with Crippen LogP contribution in [0.2, 0.25) is 0 Å². The first kappa shape index (κ1) is 12.5. The highest BCUT2D eigenvalue weighted by atomic mass is 19.1. The van der Waals surface area contributed by atoms with E-state index < -0.39 is 5.60 Å². The van der Waals surface area contributed by atoms with Crippen molar-refractivity contribution in [2.45, 2.75) is 32.3 Å². The average molecular weight is 238 g/mol. The Labute approximate surface area is 101 Å². The lowest BCUT2D eigenvalue weighted by Crippen LogP contribution is -2.37. The van der Waals surface area contributed by atoms with E-state index in [9.17, 15) is 9.50 Å². The summed E-state index contributed by atoms with van der Waals surface area (Å²) in [5.74, 6) is -0.224. The molecule has 0 spiro atoms. The fraction of sp³-hybridized carbons (Fsp3) is 0.571. The molecule has 3 heteroatoms. The van der Waals surface area contributed by atoms with Gasteiger partial charge >= 0.3 is 0 Å². The summed E-state index contributed by atoms with van der Waals surface area (Å²) < 4.78 is 18.9. The maximum atomic E-state index is 13.5. The lowest BCUT2D eigenvalue weighted by Gasteiger charge is -2.35.